The number of benzene rings is 1. The third-order valence-corrected chi connectivity index (χ3v) is 5.40. The SMILES string of the molecule is CCCn1c(C)c(CC(N)C(C)C)c2cc3c(cc21)CN(C)C3. The van der Waals surface area contributed by atoms with E-state index in [4.69, 9.17) is 5.73 Å². The van der Waals surface area contributed by atoms with E-state index in [0.717, 1.165) is 32.5 Å². The van der Waals surface area contributed by atoms with Gasteiger partial charge in [-0.05, 0) is 61.6 Å². The smallest absolute Gasteiger partial charge is 0.0488 e. The highest BCUT2D eigenvalue weighted by molar-refractivity contribution is 5.87. The van der Waals surface area contributed by atoms with Crippen LogP contribution in [0.2, 0.25) is 0 Å². The Kier molecular flexibility index (Phi) is 4.52. The predicted molar refractivity (Wildman–Crippen MR) is 98.7 cm³/mol. The van der Waals surface area contributed by atoms with E-state index in [0.29, 0.717) is 5.92 Å². The first-order valence-corrected chi connectivity index (χ1v) is 9.00. The summed E-state index contributed by atoms with van der Waals surface area (Å²) in [6.07, 6.45) is 2.14. The quantitative estimate of drug-likeness (QED) is 0.910. The van der Waals surface area contributed by atoms with E-state index in [-0.39, 0.29) is 6.04 Å². The summed E-state index contributed by atoms with van der Waals surface area (Å²) in [5.41, 5.74) is 13.7. The van der Waals surface area contributed by atoms with E-state index in [2.05, 4.69) is 56.3 Å². The largest absolute Gasteiger partial charge is 0.345 e. The highest BCUT2D eigenvalue weighted by Gasteiger charge is 2.22. The standard InChI is InChI=1S/C20H31N3/c1-6-7-23-14(4)17(10-19(21)13(2)3)18-8-15-11-22(5)12-16(15)9-20(18)23/h8-9,13,19H,6-7,10-12,21H2,1-5H3. The first kappa shape index (κ1) is 16.5. The van der Waals surface area contributed by atoms with Gasteiger partial charge < -0.3 is 10.3 Å². The summed E-state index contributed by atoms with van der Waals surface area (Å²) in [6.45, 7) is 12.2. The van der Waals surface area contributed by atoms with E-state index in [1.54, 1.807) is 0 Å². The van der Waals surface area contributed by atoms with Crippen molar-refractivity contribution in [3.05, 3.63) is 34.5 Å². The molecule has 0 radical (unpaired) electrons. The molecule has 2 aromatic rings. The monoisotopic (exact) mass is 313 g/mol. The van der Waals surface area contributed by atoms with E-state index in [1.165, 1.54) is 33.3 Å². The number of nitrogens with two attached hydrogens (primary N) is 1. The molecular weight excluding hydrogens is 282 g/mol. The van der Waals surface area contributed by atoms with Crippen molar-refractivity contribution in [3.63, 3.8) is 0 Å². The van der Waals surface area contributed by atoms with Crippen molar-refractivity contribution >= 4 is 10.9 Å². The summed E-state index contributed by atoms with van der Waals surface area (Å²) < 4.78 is 2.51. The Hall–Kier alpha value is -1.32. The lowest BCUT2D eigenvalue weighted by atomic mass is 9.95. The van der Waals surface area contributed by atoms with Crippen molar-refractivity contribution in [2.45, 2.75) is 66.2 Å². The zero-order valence-electron chi connectivity index (χ0n) is 15.3. The third kappa shape index (κ3) is 2.92. The topological polar surface area (TPSA) is 34.2 Å². The molecule has 1 aromatic heterocycles. The van der Waals surface area contributed by atoms with Gasteiger partial charge in [0, 0.05) is 42.3 Å². The van der Waals surface area contributed by atoms with Crippen molar-refractivity contribution in [1.82, 2.24) is 9.47 Å². The molecule has 0 saturated carbocycles. The number of nitrogens with zero attached hydrogens (tertiary/aromatic N) is 2. The van der Waals surface area contributed by atoms with Crippen molar-refractivity contribution in [2.24, 2.45) is 11.7 Å². The van der Waals surface area contributed by atoms with Crippen LogP contribution in [-0.2, 0) is 26.1 Å². The molecule has 2 N–H and O–H groups in total. The first-order chi connectivity index (χ1) is 10.9. The lowest BCUT2D eigenvalue weighted by molar-refractivity contribution is 0.353. The molecule has 1 aliphatic rings. The van der Waals surface area contributed by atoms with E-state index in [1.807, 2.05) is 0 Å². The molecule has 0 bridgehead atoms. The molecule has 1 atom stereocenters. The van der Waals surface area contributed by atoms with Crippen molar-refractivity contribution in [2.75, 3.05) is 7.05 Å². The second-order valence-corrected chi connectivity index (χ2v) is 7.64. The zero-order chi connectivity index (χ0) is 16.7. The normalized spacial score (nSPS) is 16.5. The van der Waals surface area contributed by atoms with Gasteiger partial charge in [-0.15, -0.1) is 0 Å². The Labute approximate surface area is 140 Å². The van der Waals surface area contributed by atoms with Crippen molar-refractivity contribution in [3.8, 4) is 0 Å². The van der Waals surface area contributed by atoms with E-state index in [9.17, 15) is 0 Å². The highest BCUT2D eigenvalue weighted by atomic mass is 15.1. The molecule has 0 saturated heterocycles. The molecular formula is C20H31N3. The van der Waals surface area contributed by atoms with Gasteiger partial charge in [0.15, 0.2) is 0 Å². The molecule has 3 nitrogen and oxygen atoms in total. The predicted octanol–water partition coefficient (Wildman–Crippen LogP) is 3.83. The fourth-order valence-corrected chi connectivity index (χ4v) is 3.85. The molecule has 0 spiro atoms. The maximum atomic E-state index is 6.41. The summed E-state index contributed by atoms with van der Waals surface area (Å²) in [4.78, 5) is 2.39. The van der Waals surface area contributed by atoms with Crippen molar-refractivity contribution < 1.29 is 0 Å². The zero-order valence-corrected chi connectivity index (χ0v) is 15.3. The Morgan fingerprint density at radius 2 is 1.83 bits per heavy atom. The van der Waals surface area contributed by atoms with Crippen molar-refractivity contribution in [1.29, 1.82) is 0 Å². The molecule has 126 valence electrons. The summed E-state index contributed by atoms with van der Waals surface area (Å²) in [7, 11) is 2.20. The van der Waals surface area contributed by atoms with Crippen LogP contribution in [0.3, 0.4) is 0 Å². The van der Waals surface area contributed by atoms with Gasteiger partial charge in [-0.1, -0.05) is 20.8 Å². The lowest BCUT2D eigenvalue weighted by Crippen LogP contribution is -2.29. The van der Waals surface area contributed by atoms with Gasteiger partial charge in [-0.25, -0.2) is 0 Å². The average molecular weight is 313 g/mol. The fourth-order valence-electron chi connectivity index (χ4n) is 3.85. The van der Waals surface area contributed by atoms with Crippen LogP contribution in [0.15, 0.2) is 12.1 Å². The van der Waals surface area contributed by atoms with Gasteiger partial charge in [-0.3, -0.25) is 4.90 Å². The third-order valence-electron chi connectivity index (χ3n) is 5.40. The molecule has 0 fully saturated rings. The summed E-state index contributed by atoms with van der Waals surface area (Å²) >= 11 is 0. The molecule has 1 unspecified atom stereocenters. The lowest BCUT2D eigenvalue weighted by Gasteiger charge is -2.16. The molecule has 3 heteroatoms. The van der Waals surface area contributed by atoms with Crippen LogP contribution in [0.1, 0.15) is 49.6 Å². The fraction of sp³-hybridized carbons (Fsp3) is 0.600. The summed E-state index contributed by atoms with van der Waals surface area (Å²) in [6, 6.07) is 5.10. The number of hydrogen-bond acceptors (Lipinski definition) is 2. The second kappa shape index (κ2) is 6.29. The van der Waals surface area contributed by atoms with E-state index >= 15 is 0 Å². The van der Waals surface area contributed by atoms with Gasteiger partial charge in [0.2, 0.25) is 0 Å². The van der Waals surface area contributed by atoms with Gasteiger partial charge >= 0.3 is 0 Å². The maximum absolute atomic E-state index is 6.41. The average Bonchev–Trinajstić information content (AvgIpc) is 2.97. The molecule has 2 heterocycles. The van der Waals surface area contributed by atoms with Gasteiger partial charge in [-0.2, -0.15) is 0 Å². The van der Waals surface area contributed by atoms with Crippen LogP contribution < -0.4 is 5.73 Å². The number of hydrogen-bond donors (Lipinski definition) is 1. The number of aromatic nitrogens is 1. The van der Waals surface area contributed by atoms with Crippen LogP contribution in [0.25, 0.3) is 10.9 Å². The minimum absolute atomic E-state index is 0.227. The molecule has 1 aromatic carbocycles. The molecule has 23 heavy (non-hydrogen) atoms. The van der Waals surface area contributed by atoms with Crippen LogP contribution in [-0.4, -0.2) is 22.6 Å². The van der Waals surface area contributed by atoms with Crippen LogP contribution in [0.4, 0.5) is 0 Å². The Morgan fingerprint density at radius 1 is 1.17 bits per heavy atom. The molecule has 3 rings (SSSR count). The van der Waals surface area contributed by atoms with Gasteiger partial charge in [0.05, 0.1) is 0 Å². The van der Waals surface area contributed by atoms with Crippen LogP contribution in [0, 0.1) is 12.8 Å². The number of rotatable bonds is 5. The maximum Gasteiger partial charge on any atom is 0.0488 e. The number of fused-ring (bicyclic) bond motifs is 2. The Bertz CT molecular complexity index is 711. The van der Waals surface area contributed by atoms with Crippen LogP contribution in [0.5, 0.6) is 0 Å². The summed E-state index contributed by atoms with van der Waals surface area (Å²) in [5.74, 6) is 0.513. The van der Waals surface area contributed by atoms with Crippen LogP contribution >= 0.6 is 0 Å². The molecule has 1 aliphatic heterocycles. The number of aryl methyl sites for hydroxylation is 1. The molecule has 0 aliphatic carbocycles. The summed E-state index contributed by atoms with van der Waals surface area (Å²) in [5, 5.41) is 1.43. The minimum Gasteiger partial charge on any atom is -0.345 e. The first-order valence-electron chi connectivity index (χ1n) is 9.00. The van der Waals surface area contributed by atoms with E-state index < -0.39 is 0 Å². The van der Waals surface area contributed by atoms with Gasteiger partial charge in [0.1, 0.15) is 0 Å². The second-order valence-electron chi connectivity index (χ2n) is 7.64. The molecule has 0 amide bonds. The Morgan fingerprint density at radius 3 is 2.43 bits per heavy atom. The minimum atomic E-state index is 0.227. The Balaban J connectivity index is 2.14. The highest BCUT2D eigenvalue weighted by Crippen LogP contribution is 2.33. The van der Waals surface area contributed by atoms with Gasteiger partial charge in [0.25, 0.3) is 0 Å².